The van der Waals surface area contributed by atoms with Crippen LogP contribution in [0.5, 0.6) is 0 Å². The Bertz CT molecular complexity index is 636. The van der Waals surface area contributed by atoms with Gasteiger partial charge >= 0.3 is 0 Å². The van der Waals surface area contributed by atoms with E-state index in [9.17, 15) is 0 Å². The van der Waals surface area contributed by atoms with Crippen molar-refractivity contribution in [2.45, 2.75) is 77.0 Å². The van der Waals surface area contributed by atoms with Crippen molar-refractivity contribution in [2.24, 2.45) is 0 Å². The molecule has 0 amide bonds. The molecule has 1 aromatic rings. The highest BCUT2D eigenvalue weighted by Gasteiger charge is 2.41. The molecule has 0 saturated carbocycles. The van der Waals surface area contributed by atoms with Gasteiger partial charge in [0.2, 0.25) is 0 Å². The van der Waals surface area contributed by atoms with E-state index in [0.717, 1.165) is 12.1 Å². The monoisotopic (exact) mass is 376 g/mol. The van der Waals surface area contributed by atoms with Crippen LogP contribution in [0.1, 0.15) is 71.6 Å². The van der Waals surface area contributed by atoms with Gasteiger partial charge in [0, 0.05) is 12.2 Å². The maximum atomic E-state index is 6.40. The second kappa shape index (κ2) is 8.25. The number of hydrogen-bond acceptors (Lipinski definition) is 2. The van der Waals surface area contributed by atoms with E-state index in [-0.39, 0.29) is 0 Å². The Kier molecular flexibility index (Phi) is 6.76. The smallest absolute Gasteiger partial charge is 0.146 e. The first-order valence-corrected chi connectivity index (χ1v) is 12.2. The van der Waals surface area contributed by atoms with Crippen LogP contribution in [0.2, 0.25) is 21.8 Å². The van der Waals surface area contributed by atoms with Gasteiger partial charge in [0.15, 0.2) is 0 Å². The minimum atomic E-state index is -1.75. The molecule has 1 aliphatic rings. The van der Waals surface area contributed by atoms with E-state index in [1.54, 1.807) is 0 Å². The molecule has 2 rings (SSSR count). The van der Waals surface area contributed by atoms with E-state index in [1.807, 2.05) is 6.20 Å². The third kappa shape index (κ3) is 4.13. The quantitative estimate of drug-likeness (QED) is 0.360. The highest BCUT2D eigenvalue weighted by Crippen LogP contribution is 2.41. The van der Waals surface area contributed by atoms with Gasteiger partial charge in [0.25, 0.3) is 0 Å². The van der Waals surface area contributed by atoms with Gasteiger partial charge in [-0.1, -0.05) is 59.1 Å². The number of halogens is 1. The molecule has 0 bridgehead atoms. The van der Waals surface area contributed by atoms with Crippen LogP contribution >= 0.6 is 11.6 Å². The highest BCUT2D eigenvalue weighted by atomic mass is 35.5. The lowest BCUT2D eigenvalue weighted by atomic mass is 10.1. The summed E-state index contributed by atoms with van der Waals surface area (Å²) in [5.74, 6) is 3.48. The summed E-state index contributed by atoms with van der Waals surface area (Å²) in [4.78, 5) is 6.85. The van der Waals surface area contributed by atoms with E-state index in [0.29, 0.717) is 27.8 Å². The Hall–Kier alpha value is -0.823. The number of aromatic nitrogens is 1. The molecule has 1 atom stereocenters. The van der Waals surface area contributed by atoms with E-state index < -0.39 is 8.07 Å². The lowest BCUT2D eigenvalue weighted by molar-refractivity contribution is 0.317. The topological polar surface area (TPSA) is 16.1 Å². The third-order valence-electron chi connectivity index (χ3n) is 6.05. The summed E-state index contributed by atoms with van der Waals surface area (Å²) in [6, 6.07) is 2.63. The van der Waals surface area contributed by atoms with Crippen molar-refractivity contribution in [2.75, 3.05) is 13.6 Å². The van der Waals surface area contributed by atoms with Gasteiger partial charge < -0.3 is 0 Å². The molecular weight excluding hydrogens is 344 g/mol. The van der Waals surface area contributed by atoms with Crippen molar-refractivity contribution in [1.82, 2.24) is 9.88 Å². The Morgan fingerprint density at radius 2 is 1.76 bits per heavy atom. The summed E-state index contributed by atoms with van der Waals surface area (Å²) in [5.41, 5.74) is 7.78. The third-order valence-corrected chi connectivity index (χ3v) is 12.6. The van der Waals surface area contributed by atoms with Crippen LogP contribution in [-0.2, 0) is 0 Å². The molecule has 138 valence electrons. The molecule has 0 N–H and O–H groups in total. The van der Waals surface area contributed by atoms with Gasteiger partial charge in [-0.25, -0.2) is 4.98 Å². The fourth-order valence-corrected chi connectivity index (χ4v) is 10.0. The van der Waals surface area contributed by atoms with Gasteiger partial charge in [0.05, 0.1) is 5.56 Å². The SMILES string of the molecule is CC(C)[Si](C#Cc1cc([C@@H]2CCCN2C)cnc1Cl)(C(C)C)C(C)C. The number of likely N-dealkylation sites (tertiary alicyclic amines) is 1. The summed E-state index contributed by atoms with van der Waals surface area (Å²) >= 11 is 6.40. The Balaban J connectivity index is 2.44. The van der Waals surface area contributed by atoms with E-state index in [4.69, 9.17) is 11.6 Å². The van der Waals surface area contributed by atoms with E-state index in [1.165, 1.54) is 18.4 Å². The molecule has 1 fully saturated rings. The Morgan fingerprint density at radius 1 is 1.16 bits per heavy atom. The maximum absolute atomic E-state index is 6.40. The van der Waals surface area contributed by atoms with Crippen molar-refractivity contribution >= 4 is 19.7 Å². The normalized spacial score (nSPS) is 18.9. The van der Waals surface area contributed by atoms with Crippen molar-refractivity contribution in [3.63, 3.8) is 0 Å². The first kappa shape index (κ1) is 20.5. The second-order valence-corrected chi connectivity index (χ2v) is 14.3. The summed E-state index contributed by atoms with van der Waals surface area (Å²) in [6.45, 7) is 15.2. The van der Waals surface area contributed by atoms with Gasteiger partial charge in [-0.2, -0.15) is 0 Å². The van der Waals surface area contributed by atoms with Crippen LogP contribution in [0.15, 0.2) is 12.3 Å². The lowest BCUT2D eigenvalue weighted by Gasteiger charge is -2.38. The number of pyridine rings is 1. The summed E-state index contributed by atoms with van der Waals surface area (Å²) in [6.07, 6.45) is 4.36. The fraction of sp³-hybridized carbons (Fsp3) is 0.667. The van der Waals surface area contributed by atoms with Crippen molar-refractivity contribution in [3.8, 4) is 11.5 Å². The minimum absolute atomic E-state index is 0.451. The molecule has 25 heavy (non-hydrogen) atoms. The summed E-state index contributed by atoms with van der Waals surface area (Å²) < 4.78 is 0. The maximum Gasteiger partial charge on any atom is 0.146 e. The molecule has 2 nitrogen and oxygen atoms in total. The molecule has 4 heteroatoms. The second-order valence-electron chi connectivity index (χ2n) is 8.39. The molecule has 0 unspecified atom stereocenters. The average molecular weight is 377 g/mol. The first-order chi connectivity index (χ1) is 11.7. The standard InChI is InChI=1S/C21H33ClN2Si/c1-15(2)25(16(3)4,17(5)6)12-10-18-13-19(14-23-21(18)22)20-9-8-11-24(20)7/h13-17,20H,8-9,11H2,1-7H3/t20-/m0/s1. The molecule has 0 aliphatic carbocycles. The molecule has 2 heterocycles. The van der Waals surface area contributed by atoms with Gasteiger partial charge in [-0.3, -0.25) is 4.90 Å². The zero-order valence-electron chi connectivity index (χ0n) is 16.9. The highest BCUT2D eigenvalue weighted by molar-refractivity contribution is 6.90. The predicted molar refractivity (Wildman–Crippen MR) is 112 cm³/mol. The van der Waals surface area contributed by atoms with Crippen LogP contribution < -0.4 is 0 Å². The Morgan fingerprint density at radius 3 is 2.24 bits per heavy atom. The zero-order chi connectivity index (χ0) is 18.8. The van der Waals surface area contributed by atoms with Gasteiger partial charge in [-0.05, 0) is 54.7 Å². The Labute approximate surface area is 160 Å². The predicted octanol–water partition coefficient (Wildman–Crippen LogP) is 6.07. The zero-order valence-corrected chi connectivity index (χ0v) is 18.6. The molecule has 0 aromatic carbocycles. The van der Waals surface area contributed by atoms with Gasteiger partial charge in [0.1, 0.15) is 13.2 Å². The average Bonchev–Trinajstić information content (AvgIpc) is 2.94. The molecule has 0 spiro atoms. The van der Waals surface area contributed by atoms with Crippen LogP contribution in [0, 0.1) is 11.5 Å². The first-order valence-electron chi connectivity index (χ1n) is 9.59. The van der Waals surface area contributed by atoms with Crippen LogP contribution in [0.25, 0.3) is 0 Å². The summed E-state index contributed by atoms with van der Waals surface area (Å²) in [7, 11) is 0.433. The van der Waals surface area contributed by atoms with Crippen LogP contribution in [0.3, 0.4) is 0 Å². The van der Waals surface area contributed by atoms with Crippen LogP contribution in [0.4, 0.5) is 0 Å². The van der Waals surface area contributed by atoms with Crippen molar-refractivity contribution in [3.05, 3.63) is 28.5 Å². The van der Waals surface area contributed by atoms with Crippen LogP contribution in [-0.4, -0.2) is 31.6 Å². The van der Waals surface area contributed by atoms with Gasteiger partial charge in [-0.15, -0.1) is 5.54 Å². The number of rotatable bonds is 4. The minimum Gasteiger partial charge on any atom is -0.299 e. The number of hydrogen-bond donors (Lipinski definition) is 0. The molecule has 1 aliphatic heterocycles. The largest absolute Gasteiger partial charge is 0.299 e. The summed E-state index contributed by atoms with van der Waals surface area (Å²) in [5, 5.41) is 0.538. The van der Waals surface area contributed by atoms with Crippen molar-refractivity contribution in [1.29, 1.82) is 0 Å². The van der Waals surface area contributed by atoms with E-state index in [2.05, 4.69) is 76.0 Å². The van der Waals surface area contributed by atoms with Crippen molar-refractivity contribution < 1.29 is 0 Å². The number of nitrogens with zero attached hydrogens (tertiary/aromatic N) is 2. The fourth-order valence-electron chi connectivity index (χ4n) is 4.67. The van der Waals surface area contributed by atoms with E-state index >= 15 is 0 Å². The molecule has 1 aromatic heterocycles. The molecule has 1 saturated heterocycles. The molecule has 0 radical (unpaired) electrons. The molecular formula is C21H33ClN2Si. The lowest BCUT2D eigenvalue weighted by Crippen LogP contribution is -2.43.